The fourth-order valence-corrected chi connectivity index (χ4v) is 3.00. The van der Waals surface area contributed by atoms with Gasteiger partial charge in [0.05, 0.1) is 13.7 Å². The van der Waals surface area contributed by atoms with E-state index in [1.54, 1.807) is 31.4 Å². The molecule has 0 unspecified atom stereocenters. The summed E-state index contributed by atoms with van der Waals surface area (Å²) >= 11 is 0. The van der Waals surface area contributed by atoms with E-state index in [1.807, 2.05) is 49.4 Å². The molecule has 3 aromatic rings. The lowest BCUT2D eigenvalue weighted by atomic mass is 10.1. The van der Waals surface area contributed by atoms with Crippen LogP contribution >= 0.6 is 0 Å². The van der Waals surface area contributed by atoms with Gasteiger partial charge in [0.1, 0.15) is 0 Å². The number of nitrogens with one attached hydrogen (secondary N) is 1. The number of rotatable bonds is 8. The van der Waals surface area contributed by atoms with Crippen LogP contribution in [0.5, 0.6) is 11.5 Å². The number of hydrogen-bond donors (Lipinski definition) is 1. The predicted octanol–water partition coefficient (Wildman–Crippen LogP) is 4.83. The second kappa shape index (κ2) is 10.3. The Balaban J connectivity index is 1.58. The molecule has 6 nitrogen and oxygen atoms in total. The molecule has 160 valence electrons. The van der Waals surface area contributed by atoms with E-state index in [2.05, 4.69) is 5.32 Å². The number of benzene rings is 3. The first-order valence-corrected chi connectivity index (χ1v) is 9.99. The molecule has 0 heterocycles. The van der Waals surface area contributed by atoms with E-state index in [0.29, 0.717) is 23.8 Å². The van der Waals surface area contributed by atoms with Gasteiger partial charge in [0.15, 0.2) is 17.6 Å². The average molecular weight is 419 g/mol. The van der Waals surface area contributed by atoms with Crippen LogP contribution in [0, 0.1) is 0 Å². The highest BCUT2D eigenvalue weighted by Gasteiger charge is 2.17. The summed E-state index contributed by atoms with van der Waals surface area (Å²) in [5.74, 6) is 0.179. The summed E-state index contributed by atoms with van der Waals surface area (Å²) in [4.78, 5) is 24.5. The summed E-state index contributed by atoms with van der Waals surface area (Å²) in [6, 6.07) is 18.8. The van der Waals surface area contributed by atoms with Crippen molar-refractivity contribution in [3.63, 3.8) is 0 Å². The first kappa shape index (κ1) is 21.9. The summed E-state index contributed by atoms with van der Waals surface area (Å²) < 4.78 is 16.0. The van der Waals surface area contributed by atoms with Crippen LogP contribution in [0.2, 0.25) is 0 Å². The van der Waals surface area contributed by atoms with Crippen LogP contribution in [0.1, 0.15) is 19.4 Å². The van der Waals surface area contributed by atoms with Crippen molar-refractivity contribution in [3.8, 4) is 11.5 Å². The van der Waals surface area contributed by atoms with E-state index in [9.17, 15) is 9.59 Å². The zero-order valence-electron chi connectivity index (χ0n) is 17.8. The van der Waals surface area contributed by atoms with Crippen molar-refractivity contribution in [3.05, 3.63) is 72.3 Å². The minimum atomic E-state index is -0.946. The largest absolute Gasteiger partial charge is 0.493 e. The molecule has 0 bridgehead atoms. The Labute approximate surface area is 181 Å². The number of amides is 1. The van der Waals surface area contributed by atoms with Gasteiger partial charge in [-0.15, -0.1) is 0 Å². The third-order valence-electron chi connectivity index (χ3n) is 4.58. The van der Waals surface area contributed by atoms with Crippen LogP contribution in [0.25, 0.3) is 16.8 Å². The first-order chi connectivity index (χ1) is 15.0. The zero-order valence-corrected chi connectivity index (χ0v) is 17.8. The third-order valence-corrected chi connectivity index (χ3v) is 4.58. The monoisotopic (exact) mass is 419 g/mol. The number of hydrogen-bond acceptors (Lipinski definition) is 5. The van der Waals surface area contributed by atoms with E-state index in [4.69, 9.17) is 14.2 Å². The molecule has 3 aromatic carbocycles. The van der Waals surface area contributed by atoms with Crippen LogP contribution < -0.4 is 14.8 Å². The minimum absolute atomic E-state index is 0.403. The highest BCUT2D eigenvalue weighted by molar-refractivity contribution is 5.98. The fraction of sp³-hybridized carbons (Fsp3) is 0.200. The van der Waals surface area contributed by atoms with Crippen LogP contribution in [0.3, 0.4) is 0 Å². The van der Waals surface area contributed by atoms with E-state index in [0.717, 1.165) is 16.3 Å². The normalized spacial score (nSPS) is 11.8. The number of fused-ring (bicyclic) bond motifs is 1. The van der Waals surface area contributed by atoms with Crippen LogP contribution in [-0.2, 0) is 14.3 Å². The van der Waals surface area contributed by atoms with Gasteiger partial charge in [0.2, 0.25) is 0 Å². The van der Waals surface area contributed by atoms with Gasteiger partial charge in [-0.05, 0) is 60.5 Å². The van der Waals surface area contributed by atoms with E-state index in [1.165, 1.54) is 13.0 Å². The van der Waals surface area contributed by atoms with Gasteiger partial charge >= 0.3 is 5.97 Å². The number of esters is 1. The Kier molecular flexibility index (Phi) is 7.27. The summed E-state index contributed by atoms with van der Waals surface area (Å²) in [6.07, 6.45) is 1.92. The standard InChI is InChI=1S/C25H25NO5/c1-4-30-22-13-9-18(15-23(22)29-3)10-14-24(27)31-17(2)25(28)26-21-12-11-19-7-5-6-8-20(19)16-21/h5-17H,4H2,1-3H3,(H,26,28)/b14-10+/t17-/m1/s1. The summed E-state index contributed by atoms with van der Waals surface area (Å²) in [6.45, 7) is 3.94. The molecule has 6 heteroatoms. The Bertz CT molecular complexity index is 1110. The fourth-order valence-electron chi connectivity index (χ4n) is 3.00. The molecule has 1 N–H and O–H groups in total. The molecular formula is C25H25NO5. The topological polar surface area (TPSA) is 73.9 Å². The Hall–Kier alpha value is -3.80. The predicted molar refractivity (Wildman–Crippen MR) is 121 cm³/mol. The smallest absolute Gasteiger partial charge is 0.331 e. The molecule has 31 heavy (non-hydrogen) atoms. The lowest BCUT2D eigenvalue weighted by Gasteiger charge is -2.13. The molecule has 0 radical (unpaired) electrons. The van der Waals surface area contributed by atoms with Crippen molar-refractivity contribution in [2.45, 2.75) is 20.0 Å². The Morgan fingerprint density at radius 1 is 1.00 bits per heavy atom. The van der Waals surface area contributed by atoms with Crippen molar-refractivity contribution >= 4 is 34.4 Å². The Morgan fingerprint density at radius 3 is 2.52 bits per heavy atom. The summed E-state index contributed by atoms with van der Waals surface area (Å²) in [7, 11) is 1.55. The molecule has 0 aliphatic heterocycles. The van der Waals surface area contributed by atoms with Gasteiger partial charge in [-0.1, -0.05) is 36.4 Å². The lowest BCUT2D eigenvalue weighted by molar-refractivity contribution is -0.148. The van der Waals surface area contributed by atoms with Crippen molar-refractivity contribution in [1.82, 2.24) is 0 Å². The number of ether oxygens (including phenoxy) is 3. The second-order valence-corrected chi connectivity index (χ2v) is 6.81. The van der Waals surface area contributed by atoms with Gasteiger partial charge in [0, 0.05) is 11.8 Å². The van der Waals surface area contributed by atoms with E-state index in [-0.39, 0.29) is 0 Å². The molecule has 0 aliphatic rings. The van der Waals surface area contributed by atoms with Crippen molar-refractivity contribution in [1.29, 1.82) is 0 Å². The maximum atomic E-state index is 12.4. The highest BCUT2D eigenvalue weighted by atomic mass is 16.5. The molecule has 1 amide bonds. The first-order valence-electron chi connectivity index (χ1n) is 9.99. The molecule has 0 saturated heterocycles. The number of carbonyl (C=O) groups is 2. The SMILES string of the molecule is CCOc1ccc(/C=C/C(=O)O[C@H](C)C(=O)Nc2ccc3ccccc3c2)cc1OC. The van der Waals surface area contributed by atoms with E-state index >= 15 is 0 Å². The maximum absolute atomic E-state index is 12.4. The number of methoxy groups -OCH3 is 1. The second-order valence-electron chi connectivity index (χ2n) is 6.81. The third kappa shape index (κ3) is 5.85. The zero-order chi connectivity index (χ0) is 22.2. The minimum Gasteiger partial charge on any atom is -0.493 e. The van der Waals surface area contributed by atoms with Crippen molar-refractivity contribution in [2.75, 3.05) is 19.0 Å². The molecule has 0 aliphatic carbocycles. The van der Waals surface area contributed by atoms with E-state index < -0.39 is 18.0 Å². The molecule has 1 atom stereocenters. The van der Waals surface area contributed by atoms with Crippen LogP contribution in [0.4, 0.5) is 5.69 Å². The van der Waals surface area contributed by atoms with Gasteiger partial charge in [-0.3, -0.25) is 4.79 Å². The number of carbonyl (C=O) groups excluding carboxylic acids is 2. The Morgan fingerprint density at radius 2 is 1.77 bits per heavy atom. The maximum Gasteiger partial charge on any atom is 0.331 e. The van der Waals surface area contributed by atoms with Crippen LogP contribution in [-0.4, -0.2) is 31.7 Å². The highest BCUT2D eigenvalue weighted by Crippen LogP contribution is 2.28. The molecule has 0 fully saturated rings. The lowest BCUT2D eigenvalue weighted by Crippen LogP contribution is -2.29. The molecule has 0 aromatic heterocycles. The average Bonchev–Trinajstić information content (AvgIpc) is 2.78. The summed E-state index contributed by atoms with van der Waals surface area (Å²) in [5.41, 5.74) is 1.38. The summed E-state index contributed by atoms with van der Waals surface area (Å²) in [5, 5.41) is 4.87. The molecule has 0 saturated carbocycles. The number of anilines is 1. The van der Waals surface area contributed by atoms with Gasteiger partial charge in [-0.25, -0.2) is 4.79 Å². The van der Waals surface area contributed by atoms with Gasteiger partial charge in [-0.2, -0.15) is 0 Å². The molecular weight excluding hydrogens is 394 g/mol. The van der Waals surface area contributed by atoms with Gasteiger partial charge < -0.3 is 19.5 Å². The molecule has 3 rings (SSSR count). The quantitative estimate of drug-likeness (QED) is 0.418. The van der Waals surface area contributed by atoms with Crippen LogP contribution in [0.15, 0.2) is 66.7 Å². The van der Waals surface area contributed by atoms with Crippen molar-refractivity contribution in [2.24, 2.45) is 0 Å². The van der Waals surface area contributed by atoms with Gasteiger partial charge in [0.25, 0.3) is 5.91 Å². The van der Waals surface area contributed by atoms with Crippen molar-refractivity contribution < 1.29 is 23.8 Å². The molecule has 0 spiro atoms.